The third-order valence-corrected chi connectivity index (χ3v) is 1.27. The van der Waals surface area contributed by atoms with Crippen LogP contribution in [0.25, 0.3) is 0 Å². The van der Waals surface area contributed by atoms with E-state index in [1.165, 1.54) is 6.20 Å². The minimum absolute atomic E-state index is 0. The second kappa shape index (κ2) is 3.87. The number of primary amides is 1. The second-order valence-electron chi connectivity index (χ2n) is 1.79. The van der Waals surface area contributed by atoms with Gasteiger partial charge in [0.15, 0.2) is 5.69 Å². The molecule has 0 aliphatic carbocycles. The van der Waals surface area contributed by atoms with Gasteiger partial charge >= 0.3 is 0 Å². The lowest BCUT2D eigenvalue weighted by molar-refractivity contribution is 0.0995. The summed E-state index contributed by atoms with van der Waals surface area (Å²) in [6, 6.07) is 0. The van der Waals surface area contributed by atoms with Crippen molar-refractivity contribution in [3.8, 4) is 0 Å². The summed E-state index contributed by atoms with van der Waals surface area (Å²) in [5.74, 6) is -0.743. The summed E-state index contributed by atoms with van der Waals surface area (Å²) in [5, 5.41) is 0.103. The van der Waals surface area contributed by atoms with Gasteiger partial charge in [0.25, 0.3) is 5.91 Å². The first-order valence-electron chi connectivity index (χ1n) is 2.69. The highest BCUT2D eigenvalue weighted by molar-refractivity contribution is 6.33. The van der Waals surface area contributed by atoms with Crippen molar-refractivity contribution in [2.45, 2.75) is 7.43 Å². The number of nitrogens with zero attached hydrogens (tertiary/aromatic N) is 2. The van der Waals surface area contributed by atoms with Gasteiger partial charge in [-0.25, -0.2) is 9.97 Å². The number of carbonyl (C=O) groups excluding carboxylic acids is 1. The van der Waals surface area contributed by atoms with Crippen LogP contribution in [0, 0.1) is 0 Å². The molecule has 1 heterocycles. The quantitative estimate of drug-likeness (QED) is 0.669. The van der Waals surface area contributed by atoms with E-state index in [2.05, 4.69) is 9.97 Å². The topological polar surface area (TPSA) is 94.9 Å². The number of halogens is 1. The Morgan fingerprint density at radius 1 is 1.58 bits per heavy atom. The summed E-state index contributed by atoms with van der Waals surface area (Å²) in [5.41, 5.74) is 10.0. The fraction of sp³-hybridized carbons (Fsp3) is 0.167. The molecule has 0 spiro atoms. The molecule has 0 bridgehead atoms. The normalized spacial score (nSPS) is 8.75. The maximum Gasteiger partial charge on any atom is 0.269 e. The van der Waals surface area contributed by atoms with E-state index >= 15 is 0 Å². The highest BCUT2D eigenvalue weighted by Gasteiger charge is 2.08. The van der Waals surface area contributed by atoms with Gasteiger partial charge < -0.3 is 11.5 Å². The van der Waals surface area contributed by atoms with E-state index in [0.29, 0.717) is 0 Å². The summed E-state index contributed by atoms with van der Waals surface area (Å²) < 4.78 is 0. The van der Waals surface area contributed by atoms with Crippen molar-refractivity contribution in [1.29, 1.82) is 0 Å². The van der Waals surface area contributed by atoms with Crippen LogP contribution in [0.15, 0.2) is 6.20 Å². The molecule has 1 aromatic rings. The Morgan fingerprint density at radius 3 is 2.58 bits per heavy atom. The van der Waals surface area contributed by atoms with Crippen LogP contribution in [0.2, 0.25) is 5.02 Å². The average Bonchev–Trinajstić information content (AvgIpc) is 1.94. The lowest BCUT2D eigenvalue weighted by atomic mass is 10.4. The first kappa shape index (κ1) is 10.6. The van der Waals surface area contributed by atoms with Crippen molar-refractivity contribution < 1.29 is 4.79 Å². The monoisotopic (exact) mass is 188 g/mol. The Balaban J connectivity index is 0.00000121. The predicted molar refractivity (Wildman–Crippen MR) is 46.7 cm³/mol. The number of nitrogen functional groups attached to an aromatic ring is 1. The summed E-state index contributed by atoms with van der Waals surface area (Å²) in [7, 11) is 0. The molecule has 1 aromatic heterocycles. The van der Waals surface area contributed by atoms with Gasteiger partial charge in [-0.2, -0.15) is 0 Å². The maximum absolute atomic E-state index is 10.6. The van der Waals surface area contributed by atoms with Gasteiger partial charge in [0.2, 0.25) is 5.95 Å². The zero-order valence-corrected chi connectivity index (χ0v) is 6.17. The molecule has 1 amide bonds. The van der Waals surface area contributed by atoms with Gasteiger partial charge in [-0.1, -0.05) is 19.0 Å². The van der Waals surface area contributed by atoms with Crippen molar-refractivity contribution >= 4 is 23.5 Å². The summed E-state index contributed by atoms with van der Waals surface area (Å²) in [6.45, 7) is 0. The Bertz CT molecular complexity index is 302. The minimum atomic E-state index is -0.718. The molecule has 0 radical (unpaired) electrons. The predicted octanol–water partition coefficient (Wildman–Crippen LogP) is 0.447. The fourth-order valence-corrected chi connectivity index (χ4v) is 0.738. The van der Waals surface area contributed by atoms with Crippen molar-refractivity contribution in [2.24, 2.45) is 5.73 Å². The number of hydrogen-bond acceptors (Lipinski definition) is 4. The zero-order valence-electron chi connectivity index (χ0n) is 5.41. The Morgan fingerprint density at radius 2 is 2.17 bits per heavy atom. The van der Waals surface area contributed by atoms with Crippen molar-refractivity contribution in [3.05, 3.63) is 16.9 Å². The molecular weight excluding hydrogens is 180 g/mol. The molecule has 1 rings (SSSR count). The molecule has 6 heteroatoms. The van der Waals surface area contributed by atoms with Gasteiger partial charge in [0, 0.05) is 0 Å². The number of aromatic nitrogens is 2. The lowest BCUT2D eigenvalue weighted by Crippen LogP contribution is -2.15. The van der Waals surface area contributed by atoms with E-state index in [0.717, 1.165) is 0 Å². The smallest absolute Gasteiger partial charge is 0.269 e. The van der Waals surface area contributed by atoms with Crippen molar-refractivity contribution in [3.63, 3.8) is 0 Å². The van der Waals surface area contributed by atoms with E-state index in [9.17, 15) is 4.79 Å². The van der Waals surface area contributed by atoms with E-state index < -0.39 is 5.91 Å². The van der Waals surface area contributed by atoms with Crippen LogP contribution in [0.3, 0.4) is 0 Å². The third-order valence-electron chi connectivity index (χ3n) is 0.996. The minimum Gasteiger partial charge on any atom is -0.368 e. The van der Waals surface area contributed by atoms with Gasteiger partial charge in [0.1, 0.15) is 0 Å². The Hall–Kier alpha value is -1.36. The molecule has 4 N–H and O–H groups in total. The highest BCUT2D eigenvalue weighted by Crippen LogP contribution is 2.11. The van der Waals surface area contributed by atoms with E-state index in [1.807, 2.05) is 0 Å². The molecule has 5 nitrogen and oxygen atoms in total. The van der Waals surface area contributed by atoms with Crippen LogP contribution in [0.1, 0.15) is 17.9 Å². The van der Waals surface area contributed by atoms with Gasteiger partial charge in [-0.15, -0.1) is 0 Å². The lowest BCUT2D eigenvalue weighted by Gasteiger charge is -1.97. The number of anilines is 1. The van der Waals surface area contributed by atoms with Crippen LogP contribution < -0.4 is 11.5 Å². The molecule has 66 valence electrons. The molecule has 0 atom stereocenters. The van der Waals surface area contributed by atoms with Crippen LogP contribution in [0.5, 0.6) is 0 Å². The number of carbonyl (C=O) groups is 1. The molecule has 0 fully saturated rings. The summed E-state index contributed by atoms with van der Waals surface area (Å²) >= 11 is 5.51. The summed E-state index contributed by atoms with van der Waals surface area (Å²) in [4.78, 5) is 17.6. The van der Waals surface area contributed by atoms with Gasteiger partial charge in [0.05, 0.1) is 11.2 Å². The number of amides is 1. The number of nitrogens with two attached hydrogens (primary N) is 2. The van der Waals surface area contributed by atoms with Gasteiger partial charge in [-0.05, 0) is 0 Å². The van der Waals surface area contributed by atoms with Gasteiger partial charge in [-0.3, -0.25) is 4.79 Å². The molecule has 0 saturated carbocycles. The van der Waals surface area contributed by atoms with E-state index in [-0.39, 0.29) is 24.1 Å². The van der Waals surface area contributed by atoms with Crippen LogP contribution in [0.4, 0.5) is 5.95 Å². The average molecular weight is 189 g/mol. The van der Waals surface area contributed by atoms with Crippen LogP contribution in [-0.4, -0.2) is 15.9 Å². The first-order valence-corrected chi connectivity index (χ1v) is 3.07. The molecule has 0 aliphatic heterocycles. The first-order chi connectivity index (χ1) is 5.11. The SMILES string of the molecule is C.NC(=O)c1nc(N)ncc1Cl. The van der Waals surface area contributed by atoms with E-state index in [1.54, 1.807) is 0 Å². The molecular formula is C6H9ClN4O. The van der Waals surface area contributed by atoms with Crippen molar-refractivity contribution in [2.75, 3.05) is 5.73 Å². The fourth-order valence-electron chi connectivity index (χ4n) is 0.554. The largest absolute Gasteiger partial charge is 0.368 e. The van der Waals surface area contributed by atoms with Crippen LogP contribution in [-0.2, 0) is 0 Å². The molecule has 0 aliphatic rings. The molecule has 12 heavy (non-hydrogen) atoms. The zero-order chi connectivity index (χ0) is 8.43. The Labute approximate surface area is 74.8 Å². The second-order valence-corrected chi connectivity index (χ2v) is 2.20. The van der Waals surface area contributed by atoms with Crippen molar-refractivity contribution in [1.82, 2.24) is 9.97 Å². The molecule has 0 unspecified atom stereocenters. The Kier molecular flexibility index (Phi) is 3.43. The molecule has 0 saturated heterocycles. The van der Waals surface area contributed by atoms with Crippen LogP contribution >= 0.6 is 11.6 Å². The molecule has 0 aromatic carbocycles. The standard InChI is InChI=1S/C5H5ClN4O.CH4/c6-2-1-9-5(8)10-3(2)4(7)11;/h1H,(H2,7,11)(H2,8,9,10);1H4. The van der Waals surface area contributed by atoms with E-state index in [4.69, 9.17) is 23.1 Å². The highest BCUT2D eigenvalue weighted by atomic mass is 35.5. The third kappa shape index (κ3) is 2.06. The number of hydrogen-bond donors (Lipinski definition) is 2. The maximum atomic E-state index is 10.6. The summed E-state index contributed by atoms with van der Waals surface area (Å²) in [6.07, 6.45) is 1.23. The number of rotatable bonds is 1.